The SMILES string of the molecule is CC(=O)O[C@H]1[C@H]2O[C@]23[C@@H]2CC[C@]4(O)C[C@@H](OC(=O)NCCCC(=O)O)CC[C@]4(C)[C@H]2CC[C@]3(C)[C@H]1c1ccc(=O)oc1. The van der Waals surface area contributed by atoms with Crippen LogP contribution in [-0.4, -0.2) is 64.3 Å². The molecule has 5 aliphatic rings. The highest BCUT2D eigenvalue weighted by molar-refractivity contribution is 5.68. The van der Waals surface area contributed by atoms with Crippen LogP contribution in [0.3, 0.4) is 0 Å². The summed E-state index contributed by atoms with van der Waals surface area (Å²) >= 11 is 0. The number of aliphatic hydroxyl groups is 1. The quantitative estimate of drug-likeness (QED) is 0.244. The van der Waals surface area contributed by atoms with Gasteiger partial charge in [0.1, 0.15) is 23.9 Å². The van der Waals surface area contributed by atoms with Crippen molar-refractivity contribution in [3.8, 4) is 0 Å². The van der Waals surface area contributed by atoms with Gasteiger partial charge in [0.2, 0.25) is 0 Å². The van der Waals surface area contributed by atoms with E-state index in [1.807, 2.05) is 0 Å². The van der Waals surface area contributed by atoms with E-state index in [1.165, 1.54) is 19.3 Å². The maximum absolute atomic E-state index is 12.4. The molecule has 230 valence electrons. The van der Waals surface area contributed by atoms with Gasteiger partial charge in [0.15, 0.2) is 0 Å². The number of amides is 1. The summed E-state index contributed by atoms with van der Waals surface area (Å²) in [5.74, 6) is -1.15. The fraction of sp³-hybridized carbons (Fsp3) is 0.742. The van der Waals surface area contributed by atoms with Gasteiger partial charge in [0.25, 0.3) is 0 Å². The molecule has 5 fully saturated rings. The summed E-state index contributed by atoms with van der Waals surface area (Å²) in [5, 5.41) is 23.5. The van der Waals surface area contributed by atoms with Crippen molar-refractivity contribution >= 4 is 18.0 Å². The Hall–Kier alpha value is -2.92. The van der Waals surface area contributed by atoms with Crippen LogP contribution < -0.4 is 10.9 Å². The van der Waals surface area contributed by atoms with Crippen LogP contribution in [0.15, 0.2) is 27.6 Å². The van der Waals surface area contributed by atoms with Gasteiger partial charge in [0.05, 0.1) is 11.9 Å². The van der Waals surface area contributed by atoms with E-state index in [0.717, 1.165) is 24.8 Å². The van der Waals surface area contributed by atoms with E-state index in [1.54, 1.807) is 6.07 Å². The molecule has 0 bridgehead atoms. The molecule has 10 atom stereocenters. The summed E-state index contributed by atoms with van der Waals surface area (Å²) in [6.07, 6.45) is 4.64. The van der Waals surface area contributed by atoms with Gasteiger partial charge in [-0.05, 0) is 73.8 Å². The molecular formula is C31H41NO10. The Balaban J connectivity index is 1.21. The van der Waals surface area contributed by atoms with Crippen molar-refractivity contribution in [3.05, 3.63) is 34.4 Å². The molecule has 1 aliphatic heterocycles. The minimum absolute atomic E-state index is 0.0282. The van der Waals surface area contributed by atoms with Crippen LogP contribution in [0.1, 0.15) is 90.0 Å². The van der Waals surface area contributed by atoms with Crippen molar-refractivity contribution in [2.45, 2.75) is 114 Å². The highest BCUT2D eigenvalue weighted by atomic mass is 16.7. The van der Waals surface area contributed by atoms with Crippen molar-refractivity contribution in [1.29, 1.82) is 0 Å². The number of carbonyl (C=O) groups is 3. The predicted molar refractivity (Wildman–Crippen MR) is 146 cm³/mol. The summed E-state index contributed by atoms with van der Waals surface area (Å²) in [6, 6.07) is 3.18. The minimum Gasteiger partial charge on any atom is -0.481 e. The average molecular weight is 588 g/mol. The molecule has 1 spiro atoms. The summed E-state index contributed by atoms with van der Waals surface area (Å²) in [6.45, 7) is 6.01. The summed E-state index contributed by atoms with van der Waals surface area (Å²) in [5.41, 5.74) is -1.89. The van der Waals surface area contributed by atoms with Gasteiger partial charge >= 0.3 is 23.7 Å². The maximum atomic E-state index is 12.4. The fourth-order valence-corrected chi connectivity index (χ4v) is 9.80. The van der Waals surface area contributed by atoms with Crippen LogP contribution in [-0.2, 0) is 23.8 Å². The van der Waals surface area contributed by atoms with E-state index in [4.69, 9.17) is 23.7 Å². The van der Waals surface area contributed by atoms with Gasteiger partial charge in [-0.15, -0.1) is 0 Å². The Morgan fingerprint density at radius 2 is 1.79 bits per heavy atom. The standard InChI is InChI=1S/C31H41NO10/c1-17(33)40-25-24(18-6-7-23(36)39-16-18)29(3)12-9-20-21(31(29)26(25)42-31)10-13-30(38)15-19(8-11-28(20,30)2)41-27(37)32-14-4-5-22(34)35/h6-7,16,19-21,24-26,38H,4-5,8-15H2,1-3H3,(H,32,37)(H,34,35)/t19-,20-,21+,24-,25+,26+,28+,29+,30-,31+/m0/s1. The number of rotatable bonds is 7. The van der Waals surface area contributed by atoms with Crippen LogP contribution in [0.5, 0.6) is 0 Å². The monoisotopic (exact) mass is 587 g/mol. The number of nitrogens with one attached hydrogen (secondary N) is 1. The minimum atomic E-state index is -1.01. The normalized spacial score (nSPS) is 43.1. The molecule has 11 nitrogen and oxygen atoms in total. The van der Waals surface area contributed by atoms with E-state index < -0.39 is 46.5 Å². The van der Waals surface area contributed by atoms with Crippen molar-refractivity contribution in [2.24, 2.45) is 22.7 Å². The van der Waals surface area contributed by atoms with Crippen LogP contribution in [0, 0.1) is 22.7 Å². The molecule has 42 heavy (non-hydrogen) atoms. The van der Waals surface area contributed by atoms with Gasteiger partial charge in [0, 0.05) is 43.7 Å². The molecule has 0 unspecified atom stereocenters. The molecule has 1 amide bonds. The van der Waals surface area contributed by atoms with Gasteiger partial charge in [-0.2, -0.15) is 0 Å². The van der Waals surface area contributed by atoms with E-state index in [-0.39, 0.29) is 48.2 Å². The van der Waals surface area contributed by atoms with Crippen molar-refractivity contribution < 1.29 is 43.2 Å². The van der Waals surface area contributed by atoms with E-state index in [0.29, 0.717) is 32.1 Å². The molecule has 1 saturated heterocycles. The number of fused-ring (bicyclic) bond motifs is 3. The highest BCUT2D eigenvalue weighted by Gasteiger charge is 2.85. The van der Waals surface area contributed by atoms with Crippen LogP contribution in [0.2, 0.25) is 0 Å². The Kier molecular flexibility index (Phi) is 7.00. The van der Waals surface area contributed by atoms with E-state index in [9.17, 15) is 24.3 Å². The third-order valence-corrected chi connectivity index (χ3v) is 11.7. The third kappa shape index (κ3) is 4.29. The van der Waals surface area contributed by atoms with Crippen molar-refractivity contribution in [2.75, 3.05) is 6.54 Å². The Morgan fingerprint density at radius 1 is 1.05 bits per heavy atom. The highest BCUT2D eigenvalue weighted by Crippen LogP contribution is 2.78. The predicted octanol–water partition coefficient (Wildman–Crippen LogP) is 3.51. The average Bonchev–Trinajstić information content (AvgIpc) is 3.62. The number of carboxylic acids is 1. The lowest BCUT2D eigenvalue weighted by atomic mass is 9.42. The summed E-state index contributed by atoms with van der Waals surface area (Å²) < 4.78 is 23.5. The largest absolute Gasteiger partial charge is 0.481 e. The van der Waals surface area contributed by atoms with Crippen molar-refractivity contribution in [3.63, 3.8) is 0 Å². The number of hydrogen-bond donors (Lipinski definition) is 3. The Bertz CT molecular complexity index is 1310. The van der Waals surface area contributed by atoms with Crippen LogP contribution >= 0.6 is 0 Å². The van der Waals surface area contributed by atoms with Gasteiger partial charge in [-0.1, -0.05) is 13.8 Å². The lowest BCUT2D eigenvalue weighted by Crippen LogP contribution is -2.65. The summed E-state index contributed by atoms with van der Waals surface area (Å²) in [4.78, 5) is 47.0. The maximum Gasteiger partial charge on any atom is 0.407 e. The van der Waals surface area contributed by atoms with Gasteiger partial charge in [-0.25, -0.2) is 9.59 Å². The van der Waals surface area contributed by atoms with Crippen LogP contribution in [0.4, 0.5) is 4.79 Å². The number of carboxylic acid groups (broad SMARTS) is 1. The van der Waals surface area contributed by atoms with E-state index in [2.05, 4.69) is 19.2 Å². The number of carbonyl (C=O) groups excluding carboxylic acids is 2. The number of alkyl carbamates (subject to hydrolysis) is 1. The zero-order valence-electron chi connectivity index (χ0n) is 24.4. The molecule has 6 rings (SSSR count). The first-order chi connectivity index (χ1) is 19.8. The van der Waals surface area contributed by atoms with E-state index >= 15 is 0 Å². The van der Waals surface area contributed by atoms with Gasteiger partial charge in [-0.3, -0.25) is 9.59 Å². The lowest BCUT2D eigenvalue weighted by molar-refractivity contribution is -0.224. The molecular weight excluding hydrogens is 546 g/mol. The second-order valence-corrected chi connectivity index (χ2v) is 13.6. The second-order valence-electron chi connectivity index (χ2n) is 13.6. The summed E-state index contributed by atoms with van der Waals surface area (Å²) in [7, 11) is 0. The number of aliphatic carboxylic acids is 1. The first-order valence-electron chi connectivity index (χ1n) is 15.2. The number of hydrogen-bond acceptors (Lipinski definition) is 9. The number of ether oxygens (including phenoxy) is 3. The smallest absolute Gasteiger partial charge is 0.407 e. The topological polar surface area (TPSA) is 165 Å². The third-order valence-electron chi connectivity index (χ3n) is 11.7. The zero-order chi connectivity index (χ0) is 30.1. The fourth-order valence-electron chi connectivity index (χ4n) is 9.80. The first-order valence-corrected chi connectivity index (χ1v) is 15.2. The van der Waals surface area contributed by atoms with Crippen molar-refractivity contribution in [1.82, 2.24) is 5.32 Å². The molecule has 4 saturated carbocycles. The molecule has 0 radical (unpaired) electrons. The molecule has 4 aliphatic carbocycles. The molecule has 11 heteroatoms. The Morgan fingerprint density at radius 3 is 2.48 bits per heavy atom. The zero-order valence-corrected chi connectivity index (χ0v) is 24.4. The lowest BCUT2D eigenvalue weighted by Gasteiger charge is -2.64. The number of esters is 1. The Labute approximate surface area is 244 Å². The van der Waals surface area contributed by atoms with Gasteiger partial charge < -0.3 is 34.2 Å². The molecule has 2 heterocycles. The first kappa shape index (κ1) is 29.2. The molecule has 1 aromatic heterocycles. The second kappa shape index (κ2) is 10.1. The molecule has 0 aromatic carbocycles. The number of epoxide rings is 1. The molecule has 1 aromatic rings. The molecule has 3 N–H and O–H groups in total. The van der Waals surface area contributed by atoms with Crippen LogP contribution in [0.25, 0.3) is 0 Å².